The summed E-state index contributed by atoms with van der Waals surface area (Å²) in [6, 6.07) is 0.583. The Bertz CT molecular complexity index is 248. The first-order valence-electron chi connectivity index (χ1n) is 10.4. The highest BCUT2D eigenvalue weighted by Crippen LogP contribution is 2.34. The molecule has 2 aliphatic rings. The summed E-state index contributed by atoms with van der Waals surface area (Å²) in [5.41, 5.74) is 0. The Labute approximate surface area is 147 Å². The van der Waals surface area contributed by atoms with E-state index in [4.69, 9.17) is 0 Å². The largest absolute Gasteiger partial charge is 0.342 e. The summed E-state index contributed by atoms with van der Waals surface area (Å²) in [6.07, 6.45) is 14.1. The lowest BCUT2D eigenvalue weighted by atomic mass is 9.96. The van der Waals surface area contributed by atoms with E-state index in [0.29, 0.717) is 17.9 Å². The molecule has 0 aromatic rings. The van der Waals surface area contributed by atoms with Crippen molar-refractivity contribution in [2.24, 2.45) is 5.92 Å². The minimum atomic E-state index is 0.367. The molecular weight excluding hydrogens is 282 g/mol. The molecule has 0 spiro atoms. The number of carbonyl (C=O) groups is 1. The molecule has 1 saturated heterocycles. The monoisotopic (exact) mass is 327 g/mol. The van der Waals surface area contributed by atoms with E-state index in [-0.39, 0.29) is 0 Å². The second-order valence-corrected chi connectivity index (χ2v) is 6.53. The van der Waals surface area contributed by atoms with Crippen molar-refractivity contribution >= 4 is 5.91 Å². The van der Waals surface area contributed by atoms with Gasteiger partial charge in [0.15, 0.2) is 0 Å². The number of nitrogens with zero attached hydrogens (tertiary/aromatic N) is 1. The van der Waals surface area contributed by atoms with Gasteiger partial charge in [0.05, 0.1) is 0 Å². The van der Waals surface area contributed by atoms with Gasteiger partial charge in [-0.05, 0) is 18.8 Å². The third-order valence-electron chi connectivity index (χ3n) is 4.65. The van der Waals surface area contributed by atoms with E-state index in [1.165, 1.54) is 64.2 Å². The predicted molar refractivity (Wildman–Crippen MR) is 105 cm³/mol. The van der Waals surface area contributed by atoms with Crippen LogP contribution in [0.3, 0.4) is 0 Å². The lowest BCUT2D eigenvalue weighted by molar-refractivity contribution is -0.127. The van der Waals surface area contributed by atoms with E-state index in [1.807, 2.05) is 25.8 Å². The second kappa shape index (κ2) is 17.8. The van der Waals surface area contributed by atoms with E-state index in [2.05, 4.69) is 27.7 Å². The first kappa shape index (κ1) is 24.7. The standard InChI is InChI=1S/C10H17NO.C5H12.C4H10.C2H6/c1-11-9-6-4-2-3-5-8(9)7-10(11)12;1-3-5-4-2;1-3-4-2;1-2/h8-9H,2-7H2,1H3;3-5H2,1-2H3;3-4H2,1-2H3;1-2H3. The molecule has 0 bridgehead atoms. The zero-order chi connectivity index (χ0) is 18.1. The van der Waals surface area contributed by atoms with E-state index in [0.717, 1.165) is 6.42 Å². The lowest BCUT2D eigenvalue weighted by Crippen LogP contribution is -2.30. The van der Waals surface area contributed by atoms with Crippen molar-refractivity contribution in [2.45, 2.75) is 118 Å². The summed E-state index contributed by atoms with van der Waals surface area (Å²) in [4.78, 5) is 13.4. The maximum Gasteiger partial charge on any atom is 0.222 e. The molecule has 1 saturated carbocycles. The van der Waals surface area contributed by atoms with Gasteiger partial charge in [-0.3, -0.25) is 4.79 Å². The quantitative estimate of drug-likeness (QED) is 0.556. The highest BCUT2D eigenvalue weighted by Gasteiger charge is 2.37. The molecule has 2 atom stereocenters. The van der Waals surface area contributed by atoms with E-state index in [1.54, 1.807) is 0 Å². The van der Waals surface area contributed by atoms with Crippen LogP contribution >= 0.6 is 0 Å². The van der Waals surface area contributed by atoms with Gasteiger partial charge < -0.3 is 4.90 Å². The number of hydrogen-bond acceptors (Lipinski definition) is 1. The smallest absolute Gasteiger partial charge is 0.222 e. The summed E-state index contributed by atoms with van der Waals surface area (Å²) in [6.45, 7) is 12.8. The zero-order valence-electron chi connectivity index (χ0n) is 17.3. The normalized spacial score (nSPS) is 22.4. The molecule has 1 heterocycles. The van der Waals surface area contributed by atoms with Crippen LogP contribution in [0.15, 0.2) is 0 Å². The Hall–Kier alpha value is -0.530. The van der Waals surface area contributed by atoms with Gasteiger partial charge in [-0.1, -0.05) is 92.9 Å². The number of fused-ring (bicyclic) bond motifs is 1. The Morgan fingerprint density at radius 3 is 1.83 bits per heavy atom. The maximum absolute atomic E-state index is 11.4. The topological polar surface area (TPSA) is 20.3 Å². The molecule has 1 aliphatic heterocycles. The molecule has 0 radical (unpaired) electrons. The molecule has 2 unspecified atom stereocenters. The molecule has 140 valence electrons. The Morgan fingerprint density at radius 2 is 1.39 bits per heavy atom. The van der Waals surface area contributed by atoms with Crippen molar-refractivity contribution in [3.8, 4) is 0 Å². The van der Waals surface area contributed by atoms with Gasteiger partial charge in [-0.2, -0.15) is 0 Å². The SMILES string of the molecule is CC.CCCC.CCCCC.CN1C(=O)CC2CCCCCC21. The fraction of sp³-hybridized carbons (Fsp3) is 0.952. The summed E-state index contributed by atoms with van der Waals surface area (Å²) in [5, 5.41) is 0. The summed E-state index contributed by atoms with van der Waals surface area (Å²) in [5.74, 6) is 1.05. The van der Waals surface area contributed by atoms with Crippen molar-refractivity contribution in [3.05, 3.63) is 0 Å². The minimum Gasteiger partial charge on any atom is -0.342 e. The van der Waals surface area contributed by atoms with Gasteiger partial charge in [0.25, 0.3) is 0 Å². The molecule has 1 amide bonds. The summed E-state index contributed by atoms with van der Waals surface area (Å²) in [7, 11) is 1.97. The molecule has 0 aromatic carbocycles. The minimum absolute atomic E-state index is 0.367. The van der Waals surface area contributed by atoms with Crippen molar-refractivity contribution in [3.63, 3.8) is 0 Å². The number of amides is 1. The lowest BCUT2D eigenvalue weighted by Gasteiger charge is -2.22. The van der Waals surface area contributed by atoms with Crippen LogP contribution in [0.2, 0.25) is 0 Å². The Morgan fingerprint density at radius 1 is 0.870 bits per heavy atom. The van der Waals surface area contributed by atoms with Crippen LogP contribution in [0.1, 0.15) is 112 Å². The molecule has 23 heavy (non-hydrogen) atoms. The third kappa shape index (κ3) is 11.6. The van der Waals surface area contributed by atoms with E-state index >= 15 is 0 Å². The van der Waals surface area contributed by atoms with Crippen LogP contribution in [0.5, 0.6) is 0 Å². The first-order valence-corrected chi connectivity index (χ1v) is 10.4. The van der Waals surface area contributed by atoms with Crippen LogP contribution in [0.25, 0.3) is 0 Å². The molecule has 0 N–H and O–H groups in total. The van der Waals surface area contributed by atoms with Crippen molar-refractivity contribution in [1.82, 2.24) is 4.90 Å². The molecule has 2 heteroatoms. The van der Waals surface area contributed by atoms with E-state index in [9.17, 15) is 4.79 Å². The Kier molecular flexibility index (Phi) is 19.1. The van der Waals surface area contributed by atoms with Crippen molar-refractivity contribution < 1.29 is 4.79 Å². The summed E-state index contributed by atoms with van der Waals surface area (Å²) < 4.78 is 0. The van der Waals surface area contributed by atoms with Crippen molar-refractivity contribution in [1.29, 1.82) is 0 Å². The second-order valence-electron chi connectivity index (χ2n) is 6.53. The molecule has 2 rings (SSSR count). The number of unbranched alkanes of at least 4 members (excludes halogenated alkanes) is 3. The first-order chi connectivity index (χ1) is 11.1. The molecule has 1 aliphatic carbocycles. The maximum atomic E-state index is 11.4. The summed E-state index contributed by atoms with van der Waals surface area (Å²) >= 11 is 0. The molecule has 2 fully saturated rings. The third-order valence-corrected chi connectivity index (χ3v) is 4.65. The van der Waals surface area contributed by atoms with Gasteiger partial charge in [0, 0.05) is 19.5 Å². The highest BCUT2D eigenvalue weighted by molar-refractivity contribution is 5.79. The van der Waals surface area contributed by atoms with Gasteiger partial charge >= 0.3 is 0 Å². The Balaban J connectivity index is 0. The van der Waals surface area contributed by atoms with Gasteiger partial charge in [0.2, 0.25) is 5.91 Å². The van der Waals surface area contributed by atoms with Crippen LogP contribution < -0.4 is 0 Å². The van der Waals surface area contributed by atoms with Crippen LogP contribution in [-0.2, 0) is 4.79 Å². The zero-order valence-corrected chi connectivity index (χ0v) is 17.3. The number of hydrogen-bond donors (Lipinski definition) is 0. The van der Waals surface area contributed by atoms with Crippen LogP contribution in [0.4, 0.5) is 0 Å². The predicted octanol–water partition coefficient (Wildman–Crippen LogP) is 6.83. The highest BCUT2D eigenvalue weighted by atomic mass is 16.2. The molecule has 0 aromatic heterocycles. The average Bonchev–Trinajstić information content (AvgIpc) is 2.76. The average molecular weight is 328 g/mol. The van der Waals surface area contributed by atoms with Crippen LogP contribution in [-0.4, -0.2) is 23.9 Å². The van der Waals surface area contributed by atoms with Gasteiger partial charge in [-0.15, -0.1) is 0 Å². The number of carbonyl (C=O) groups excluding carboxylic acids is 1. The van der Waals surface area contributed by atoms with E-state index < -0.39 is 0 Å². The molecule has 2 nitrogen and oxygen atoms in total. The number of rotatable bonds is 3. The fourth-order valence-electron chi connectivity index (χ4n) is 3.02. The van der Waals surface area contributed by atoms with Crippen LogP contribution in [0, 0.1) is 5.92 Å². The van der Waals surface area contributed by atoms with Crippen molar-refractivity contribution in [2.75, 3.05) is 7.05 Å². The fourth-order valence-corrected chi connectivity index (χ4v) is 3.02. The number of likely N-dealkylation sites (tertiary alicyclic amines) is 1. The molecular formula is C21H45NO. The van der Waals surface area contributed by atoms with Gasteiger partial charge in [0.1, 0.15) is 0 Å². The van der Waals surface area contributed by atoms with Gasteiger partial charge in [-0.25, -0.2) is 0 Å².